The van der Waals surface area contributed by atoms with E-state index in [1.165, 1.54) is 0 Å². The van der Waals surface area contributed by atoms with E-state index in [1.54, 1.807) is 6.92 Å². The molecule has 5 nitrogen and oxygen atoms in total. The van der Waals surface area contributed by atoms with E-state index in [-0.39, 0.29) is 18.6 Å². The molecular weight excluding hydrogens is 170 g/mol. The molecule has 1 aromatic heterocycles. The highest BCUT2D eigenvalue weighted by atomic mass is 16.4. The molecule has 0 saturated carbocycles. The molecule has 74 valence electrons. The fourth-order valence-corrected chi connectivity index (χ4v) is 0.850. The maximum Gasteiger partial charge on any atom is 0.315 e. The molecule has 0 amide bonds. The fourth-order valence-electron chi connectivity index (χ4n) is 0.850. The van der Waals surface area contributed by atoms with Gasteiger partial charge in [0.25, 0.3) is 0 Å². The number of anilines is 1. The van der Waals surface area contributed by atoms with Crippen LogP contribution >= 0.6 is 0 Å². The summed E-state index contributed by atoms with van der Waals surface area (Å²) < 4.78 is 5.13. The Balaban J connectivity index is 2.49. The van der Waals surface area contributed by atoms with Crippen molar-refractivity contribution in [3.8, 4) is 0 Å². The second-order valence-electron chi connectivity index (χ2n) is 3.22. The zero-order valence-corrected chi connectivity index (χ0v) is 8.11. The third-order valence-corrected chi connectivity index (χ3v) is 2.02. The number of nitrogens with zero attached hydrogens (tertiary/aromatic N) is 2. The lowest BCUT2D eigenvalue weighted by Crippen LogP contribution is -2.26. The van der Waals surface area contributed by atoms with Crippen LogP contribution in [-0.4, -0.2) is 28.0 Å². The normalized spacial score (nSPS) is 15.4. The van der Waals surface area contributed by atoms with Crippen molar-refractivity contribution in [2.45, 2.75) is 26.8 Å². The predicted molar refractivity (Wildman–Crippen MR) is 48.4 cm³/mol. The largest absolute Gasteiger partial charge is 0.408 e. The smallest absolute Gasteiger partial charge is 0.315 e. The summed E-state index contributed by atoms with van der Waals surface area (Å²) in [5.74, 6) is 0.693. The monoisotopic (exact) mass is 185 g/mol. The molecule has 0 aromatic carbocycles. The average molecular weight is 185 g/mol. The second kappa shape index (κ2) is 4.23. The Morgan fingerprint density at radius 1 is 1.46 bits per heavy atom. The summed E-state index contributed by atoms with van der Waals surface area (Å²) in [6.07, 6.45) is 0. The highest BCUT2D eigenvalue weighted by Gasteiger charge is 2.13. The van der Waals surface area contributed by atoms with Gasteiger partial charge in [0.15, 0.2) is 0 Å². The van der Waals surface area contributed by atoms with Crippen molar-refractivity contribution < 1.29 is 9.52 Å². The van der Waals surface area contributed by atoms with E-state index in [0.29, 0.717) is 11.9 Å². The van der Waals surface area contributed by atoms with E-state index in [0.717, 1.165) is 0 Å². The first kappa shape index (κ1) is 9.98. The molecule has 0 spiro atoms. The fraction of sp³-hybridized carbons (Fsp3) is 0.750. The summed E-state index contributed by atoms with van der Waals surface area (Å²) in [5.41, 5.74) is 0. The van der Waals surface area contributed by atoms with Crippen LogP contribution in [0.25, 0.3) is 0 Å². The molecule has 0 radical (unpaired) electrons. The minimum absolute atomic E-state index is 0.116. The van der Waals surface area contributed by atoms with E-state index in [9.17, 15) is 0 Å². The van der Waals surface area contributed by atoms with Crippen molar-refractivity contribution in [1.29, 1.82) is 0 Å². The van der Waals surface area contributed by atoms with E-state index in [4.69, 9.17) is 9.52 Å². The third kappa shape index (κ3) is 2.69. The van der Waals surface area contributed by atoms with Crippen LogP contribution in [0.4, 0.5) is 6.01 Å². The summed E-state index contributed by atoms with van der Waals surface area (Å²) in [5, 5.41) is 19.4. The zero-order valence-electron chi connectivity index (χ0n) is 8.11. The van der Waals surface area contributed by atoms with Crippen molar-refractivity contribution >= 4 is 6.01 Å². The number of aryl methyl sites for hydroxylation is 1. The number of hydrogen-bond donors (Lipinski definition) is 2. The summed E-state index contributed by atoms with van der Waals surface area (Å²) in [4.78, 5) is 0. The lowest BCUT2D eigenvalue weighted by Gasteiger charge is -2.17. The molecule has 2 unspecified atom stereocenters. The van der Waals surface area contributed by atoms with Gasteiger partial charge in [-0.15, -0.1) is 5.10 Å². The van der Waals surface area contributed by atoms with Crippen LogP contribution in [0.5, 0.6) is 0 Å². The minimum Gasteiger partial charge on any atom is -0.408 e. The number of rotatable bonds is 4. The molecular formula is C8H15N3O2. The lowest BCUT2D eigenvalue weighted by molar-refractivity contribution is 0.225. The highest BCUT2D eigenvalue weighted by molar-refractivity contribution is 5.18. The summed E-state index contributed by atoms with van der Waals surface area (Å²) >= 11 is 0. The molecule has 0 saturated heterocycles. The van der Waals surface area contributed by atoms with Crippen molar-refractivity contribution in [1.82, 2.24) is 10.2 Å². The molecule has 5 heteroatoms. The number of aromatic nitrogens is 2. The Morgan fingerprint density at radius 2 is 2.15 bits per heavy atom. The first-order chi connectivity index (χ1) is 6.13. The van der Waals surface area contributed by atoms with Crippen molar-refractivity contribution in [3.63, 3.8) is 0 Å². The van der Waals surface area contributed by atoms with E-state index in [2.05, 4.69) is 15.5 Å². The molecule has 13 heavy (non-hydrogen) atoms. The van der Waals surface area contributed by atoms with Crippen molar-refractivity contribution in [2.24, 2.45) is 5.92 Å². The van der Waals surface area contributed by atoms with Crippen molar-refractivity contribution in [3.05, 3.63) is 5.89 Å². The predicted octanol–water partition coefficient (Wildman–Crippen LogP) is 0.807. The first-order valence-electron chi connectivity index (χ1n) is 4.31. The molecule has 0 aliphatic heterocycles. The molecule has 0 aliphatic carbocycles. The van der Waals surface area contributed by atoms with Gasteiger partial charge in [0.05, 0.1) is 0 Å². The van der Waals surface area contributed by atoms with Crippen LogP contribution in [0.1, 0.15) is 19.7 Å². The Kier molecular flexibility index (Phi) is 3.25. The minimum atomic E-state index is 0.116. The Bertz CT molecular complexity index is 262. The van der Waals surface area contributed by atoms with Crippen LogP contribution in [0.2, 0.25) is 0 Å². The van der Waals surface area contributed by atoms with Gasteiger partial charge in [-0.3, -0.25) is 0 Å². The quantitative estimate of drug-likeness (QED) is 0.726. The van der Waals surface area contributed by atoms with Crippen molar-refractivity contribution in [2.75, 3.05) is 11.9 Å². The van der Waals surface area contributed by atoms with Gasteiger partial charge < -0.3 is 14.8 Å². The summed E-state index contributed by atoms with van der Waals surface area (Å²) in [6.45, 7) is 5.78. The Morgan fingerprint density at radius 3 is 2.62 bits per heavy atom. The van der Waals surface area contributed by atoms with Gasteiger partial charge in [0.1, 0.15) is 0 Å². The maximum atomic E-state index is 8.88. The van der Waals surface area contributed by atoms with Crippen LogP contribution < -0.4 is 5.32 Å². The van der Waals surface area contributed by atoms with E-state index in [1.807, 2.05) is 13.8 Å². The average Bonchev–Trinajstić information content (AvgIpc) is 2.49. The number of hydrogen-bond acceptors (Lipinski definition) is 5. The van der Waals surface area contributed by atoms with Gasteiger partial charge in [-0.05, 0) is 12.8 Å². The summed E-state index contributed by atoms with van der Waals surface area (Å²) in [7, 11) is 0. The van der Waals surface area contributed by atoms with Gasteiger partial charge in [-0.2, -0.15) is 0 Å². The standard InChI is InChI=1S/C8H15N3O2/c1-5(4-12)6(2)9-8-11-10-7(3)13-8/h5-6,12H,4H2,1-3H3,(H,9,11). The Labute approximate surface area is 77.2 Å². The molecule has 0 fully saturated rings. The zero-order chi connectivity index (χ0) is 9.84. The lowest BCUT2D eigenvalue weighted by atomic mass is 10.1. The summed E-state index contributed by atoms with van der Waals surface area (Å²) in [6, 6.07) is 0.523. The number of aliphatic hydroxyl groups is 1. The van der Waals surface area contributed by atoms with Crippen LogP contribution in [0.15, 0.2) is 4.42 Å². The van der Waals surface area contributed by atoms with Gasteiger partial charge >= 0.3 is 6.01 Å². The van der Waals surface area contributed by atoms with Crippen LogP contribution in [-0.2, 0) is 0 Å². The topological polar surface area (TPSA) is 71.2 Å². The van der Waals surface area contributed by atoms with Gasteiger partial charge in [0.2, 0.25) is 5.89 Å². The molecule has 2 atom stereocenters. The third-order valence-electron chi connectivity index (χ3n) is 2.02. The van der Waals surface area contributed by atoms with E-state index >= 15 is 0 Å². The molecule has 2 N–H and O–H groups in total. The maximum absolute atomic E-state index is 8.88. The molecule has 1 rings (SSSR count). The molecule has 1 heterocycles. The SMILES string of the molecule is Cc1nnc(NC(C)C(C)CO)o1. The Hall–Kier alpha value is -1.10. The number of aliphatic hydroxyl groups excluding tert-OH is 1. The highest BCUT2D eigenvalue weighted by Crippen LogP contribution is 2.10. The first-order valence-corrected chi connectivity index (χ1v) is 4.31. The van der Waals surface area contributed by atoms with Gasteiger partial charge in [-0.25, -0.2) is 0 Å². The molecule has 0 bridgehead atoms. The molecule has 0 aliphatic rings. The number of nitrogens with one attached hydrogen (secondary N) is 1. The van der Waals surface area contributed by atoms with E-state index < -0.39 is 0 Å². The van der Waals surface area contributed by atoms with Gasteiger partial charge in [0, 0.05) is 19.6 Å². The molecule has 1 aromatic rings. The van der Waals surface area contributed by atoms with Crippen LogP contribution in [0.3, 0.4) is 0 Å². The second-order valence-corrected chi connectivity index (χ2v) is 3.22. The van der Waals surface area contributed by atoms with Gasteiger partial charge in [-0.1, -0.05) is 12.0 Å². The van der Waals surface area contributed by atoms with Crippen LogP contribution in [0, 0.1) is 12.8 Å².